The van der Waals surface area contributed by atoms with Gasteiger partial charge in [0.1, 0.15) is 0 Å². The quantitative estimate of drug-likeness (QED) is 0.740. The number of benzene rings is 1. The zero-order chi connectivity index (χ0) is 15.2. The molecule has 0 atom stereocenters. The fourth-order valence-corrected chi connectivity index (χ4v) is 3.41. The summed E-state index contributed by atoms with van der Waals surface area (Å²) in [6.07, 6.45) is 1.80. The second kappa shape index (κ2) is 7.50. The molecule has 0 spiro atoms. The Labute approximate surface area is 121 Å². The van der Waals surface area contributed by atoms with Crippen LogP contribution in [-0.2, 0) is 10.0 Å². The van der Waals surface area contributed by atoms with Crippen molar-refractivity contribution in [3.8, 4) is 11.5 Å². The average Bonchev–Trinajstić information content (AvgIpc) is 2.46. The fourth-order valence-electron chi connectivity index (χ4n) is 1.91. The number of ether oxygens (including phenoxy) is 2. The summed E-state index contributed by atoms with van der Waals surface area (Å²) in [5, 5.41) is 0. The molecule has 20 heavy (non-hydrogen) atoms. The fraction of sp³-hybridized carbons (Fsp3) is 0.571. The van der Waals surface area contributed by atoms with E-state index in [1.54, 1.807) is 12.1 Å². The first kappa shape index (κ1) is 16.8. The summed E-state index contributed by atoms with van der Waals surface area (Å²) in [6.45, 7) is 4.87. The Bertz CT molecular complexity index is 528. The highest BCUT2D eigenvalue weighted by Gasteiger charge is 2.23. The van der Waals surface area contributed by atoms with Crippen molar-refractivity contribution in [1.82, 2.24) is 4.31 Å². The van der Waals surface area contributed by atoms with E-state index >= 15 is 0 Å². The summed E-state index contributed by atoms with van der Waals surface area (Å²) in [7, 11) is -0.475. The first-order chi connectivity index (χ1) is 9.51. The number of hydrogen-bond donors (Lipinski definition) is 0. The molecular formula is C14H23NO4S. The van der Waals surface area contributed by atoms with Crippen LogP contribution in [0.4, 0.5) is 0 Å². The standard InChI is InChI=1S/C14H23NO4S/c1-5-7-10-15(6-2)20(16,17)12-8-9-13(18-3)14(11-12)19-4/h8-9,11H,5-7,10H2,1-4H3. The Balaban J connectivity index is 3.13. The van der Waals surface area contributed by atoms with Crippen LogP contribution in [0.1, 0.15) is 26.7 Å². The highest BCUT2D eigenvalue weighted by Crippen LogP contribution is 2.30. The highest BCUT2D eigenvalue weighted by molar-refractivity contribution is 7.89. The zero-order valence-corrected chi connectivity index (χ0v) is 13.4. The molecule has 0 aliphatic heterocycles. The molecule has 1 aromatic carbocycles. The molecule has 0 aliphatic rings. The lowest BCUT2D eigenvalue weighted by Gasteiger charge is -2.20. The van der Waals surface area contributed by atoms with Crippen LogP contribution in [0.25, 0.3) is 0 Å². The minimum atomic E-state index is -3.48. The first-order valence-corrected chi connectivity index (χ1v) is 8.17. The molecule has 0 aromatic heterocycles. The van der Waals surface area contributed by atoms with Crippen LogP contribution in [0.15, 0.2) is 23.1 Å². The van der Waals surface area contributed by atoms with Crippen LogP contribution >= 0.6 is 0 Å². The number of rotatable bonds is 8. The van der Waals surface area contributed by atoms with Crippen LogP contribution in [0.2, 0.25) is 0 Å². The molecule has 0 saturated heterocycles. The van der Waals surface area contributed by atoms with E-state index in [0.29, 0.717) is 24.6 Å². The third kappa shape index (κ3) is 3.64. The second-order valence-electron chi connectivity index (χ2n) is 4.37. The third-order valence-corrected chi connectivity index (χ3v) is 5.08. The summed E-state index contributed by atoms with van der Waals surface area (Å²) >= 11 is 0. The van der Waals surface area contributed by atoms with Crippen LogP contribution in [0, 0.1) is 0 Å². The SMILES string of the molecule is CCCCN(CC)S(=O)(=O)c1ccc(OC)c(OC)c1. The van der Waals surface area contributed by atoms with E-state index in [2.05, 4.69) is 0 Å². The Morgan fingerprint density at radius 2 is 1.75 bits per heavy atom. The van der Waals surface area contributed by atoms with Crippen LogP contribution in [0.5, 0.6) is 11.5 Å². The molecule has 0 saturated carbocycles. The van der Waals surface area contributed by atoms with E-state index in [1.165, 1.54) is 24.6 Å². The summed E-state index contributed by atoms with van der Waals surface area (Å²) in [5.74, 6) is 0.933. The Hall–Kier alpha value is -1.27. The van der Waals surface area contributed by atoms with E-state index in [4.69, 9.17) is 9.47 Å². The average molecular weight is 301 g/mol. The van der Waals surface area contributed by atoms with Gasteiger partial charge in [0.2, 0.25) is 10.0 Å². The molecule has 0 aliphatic carbocycles. The van der Waals surface area contributed by atoms with E-state index < -0.39 is 10.0 Å². The molecular weight excluding hydrogens is 278 g/mol. The van der Waals surface area contributed by atoms with Crippen molar-refractivity contribution in [2.24, 2.45) is 0 Å². The molecule has 6 heteroatoms. The third-order valence-electron chi connectivity index (χ3n) is 3.11. The molecule has 0 heterocycles. The molecule has 0 fully saturated rings. The van der Waals surface area contributed by atoms with Gasteiger partial charge in [0.05, 0.1) is 19.1 Å². The lowest BCUT2D eigenvalue weighted by molar-refractivity contribution is 0.353. The summed E-state index contributed by atoms with van der Waals surface area (Å²) in [6, 6.07) is 4.66. The topological polar surface area (TPSA) is 55.8 Å². The van der Waals surface area contributed by atoms with Crippen molar-refractivity contribution in [3.05, 3.63) is 18.2 Å². The molecule has 1 aromatic rings. The number of nitrogens with zero attached hydrogens (tertiary/aromatic N) is 1. The second-order valence-corrected chi connectivity index (χ2v) is 6.30. The van der Waals surface area contributed by atoms with E-state index in [9.17, 15) is 8.42 Å². The maximum atomic E-state index is 12.6. The highest BCUT2D eigenvalue weighted by atomic mass is 32.2. The lowest BCUT2D eigenvalue weighted by atomic mass is 10.3. The van der Waals surface area contributed by atoms with Gasteiger partial charge in [-0.25, -0.2) is 8.42 Å². The molecule has 0 unspecified atom stereocenters. The first-order valence-electron chi connectivity index (χ1n) is 6.73. The van der Waals surface area contributed by atoms with Crippen molar-refractivity contribution < 1.29 is 17.9 Å². The number of unbranched alkanes of at least 4 members (excludes halogenated alkanes) is 1. The smallest absolute Gasteiger partial charge is 0.243 e. The minimum Gasteiger partial charge on any atom is -0.493 e. The minimum absolute atomic E-state index is 0.230. The van der Waals surface area contributed by atoms with Gasteiger partial charge in [-0.2, -0.15) is 4.31 Å². The van der Waals surface area contributed by atoms with E-state index in [1.807, 2.05) is 13.8 Å². The molecule has 5 nitrogen and oxygen atoms in total. The molecule has 0 bridgehead atoms. The summed E-state index contributed by atoms with van der Waals surface area (Å²) in [5.41, 5.74) is 0. The monoisotopic (exact) mass is 301 g/mol. The van der Waals surface area contributed by atoms with Gasteiger partial charge in [-0.3, -0.25) is 0 Å². The van der Waals surface area contributed by atoms with Crippen molar-refractivity contribution in [1.29, 1.82) is 0 Å². The van der Waals surface area contributed by atoms with Crippen molar-refractivity contribution in [2.45, 2.75) is 31.6 Å². The van der Waals surface area contributed by atoms with E-state index in [-0.39, 0.29) is 4.90 Å². The van der Waals surface area contributed by atoms with Crippen LogP contribution < -0.4 is 9.47 Å². The molecule has 114 valence electrons. The van der Waals surface area contributed by atoms with Crippen molar-refractivity contribution >= 4 is 10.0 Å². The van der Waals surface area contributed by atoms with Gasteiger partial charge in [-0.1, -0.05) is 20.3 Å². The maximum Gasteiger partial charge on any atom is 0.243 e. The van der Waals surface area contributed by atoms with Gasteiger partial charge >= 0.3 is 0 Å². The van der Waals surface area contributed by atoms with E-state index in [0.717, 1.165) is 12.8 Å². The van der Waals surface area contributed by atoms with Crippen molar-refractivity contribution in [3.63, 3.8) is 0 Å². The number of hydrogen-bond acceptors (Lipinski definition) is 4. The maximum absolute atomic E-state index is 12.6. The zero-order valence-electron chi connectivity index (χ0n) is 12.5. The van der Waals surface area contributed by atoms with Crippen LogP contribution in [-0.4, -0.2) is 40.0 Å². The normalized spacial score (nSPS) is 11.7. The lowest BCUT2D eigenvalue weighted by Crippen LogP contribution is -2.31. The van der Waals surface area contributed by atoms with Gasteiger partial charge in [0.25, 0.3) is 0 Å². The largest absolute Gasteiger partial charge is 0.493 e. The van der Waals surface area contributed by atoms with Crippen molar-refractivity contribution in [2.75, 3.05) is 27.3 Å². The predicted octanol–water partition coefficient (Wildman–Crippen LogP) is 2.51. The number of sulfonamides is 1. The molecule has 0 amide bonds. The van der Waals surface area contributed by atoms with Crippen LogP contribution in [0.3, 0.4) is 0 Å². The Morgan fingerprint density at radius 1 is 1.10 bits per heavy atom. The van der Waals surface area contributed by atoms with Gasteiger partial charge < -0.3 is 9.47 Å². The summed E-state index contributed by atoms with van der Waals surface area (Å²) < 4.78 is 36.9. The van der Waals surface area contributed by atoms with Gasteiger partial charge in [-0.05, 0) is 18.6 Å². The molecule has 0 radical (unpaired) electrons. The predicted molar refractivity (Wildman–Crippen MR) is 78.9 cm³/mol. The van der Waals surface area contributed by atoms with Gasteiger partial charge in [0, 0.05) is 19.2 Å². The Morgan fingerprint density at radius 3 is 2.25 bits per heavy atom. The number of methoxy groups -OCH3 is 2. The summed E-state index contributed by atoms with van der Waals surface area (Å²) in [4.78, 5) is 0.230. The molecule has 1 rings (SSSR count). The molecule has 0 N–H and O–H groups in total. The van der Waals surface area contributed by atoms with Gasteiger partial charge in [-0.15, -0.1) is 0 Å². The van der Waals surface area contributed by atoms with Gasteiger partial charge in [0.15, 0.2) is 11.5 Å². The Kier molecular flexibility index (Phi) is 6.29.